The van der Waals surface area contributed by atoms with Gasteiger partial charge in [0.15, 0.2) is 5.96 Å². The van der Waals surface area contributed by atoms with Crippen LogP contribution in [0.4, 0.5) is 0 Å². The van der Waals surface area contributed by atoms with Crippen LogP contribution in [0, 0.1) is 0 Å². The number of rotatable bonds is 5. The molecule has 1 aliphatic rings. The fourth-order valence-electron chi connectivity index (χ4n) is 1.65. The molecule has 0 bridgehead atoms. The number of ether oxygens (including phenoxy) is 1. The Kier molecular flexibility index (Phi) is 6.37. The van der Waals surface area contributed by atoms with E-state index < -0.39 is 10.0 Å². The first-order valence-corrected chi connectivity index (χ1v) is 7.90. The van der Waals surface area contributed by atoms with Crippen molar-refractivity contribution >= 4 is 16.0 Å². The van der Waals surface area contributed by atoms with Crippen LogP contribution in [-0.4, -0.2) is 60.0 Å². The van der Waals surface area contributed by atoms with E-state index in [9.17, 15) is 8.42 Å². The number of nitrogens with one attached hydrogen (secondary N) is 3. The molecule has 0 aromatic heterocycles. The van der Waals surface area contributed by atoms with Crippen molar-refractivity contribution in [3.05, 3.63) is 0 Å². The molecule has 0 aromatic rings. The Balaban J connectivity index is 2.21. The second-order valence-corrected chi connectivity index (χ2v) is 6.03. The summed E-state index contributed by atoms with van der Waals surface area (Å²) in [7, 11) is -1.43. The molecule has 7 nitrogen and oxygen atoms in total. The molecule has 0 unspecified atom stereocenters. The van der Waals surface area contributed by atoms with Crippen molar-refractivity contribution in [2.24, 2.45) is 4.99 Å². The first-order chi connectivity index (χ1) is 8.51. The molecular formula is C10H22N4O3S. The molecule has 1 heterocycles. The molecule has 1 aliphatic heterocycles. The number of nitrogens with zero attached hydrogens (tertiary/aromatic N) is 1. The molecule has 0 spiro atoms. The van der Waals surface area contributed by atoms with Gasteiger partial charge < -0.3 is 15.4 Å². The van der Waals surface area contributed by atoms with Crippen molar-refractivity contribution in [3.8, 4) is 0 Å². The maximum absolute atomic E-state index is 10.9. The van der Waals surface area contributed by atoms with Crippen LogP contribution in [0.3, 0.4) is 0 Å². The minimum atomic E-state index is -3.12. The van der Waals surface area contributed by atoms with E-state index in [1.165, 1.54) is 0 Å². The smallest absolute Gasteiger partial charge is 0.208 e. The maximum Gasteiger partial charge on any atom is 0.208 e. The standard InChI is InChI=1S/C10H22N4O3S/c1-11-10(12-5-6-13-18(2,15)16)14-9-3-7-17-8-4-9/h9,13H,3-8H2,1-2H3,(H2,11,12,14). The largest absolute Gasteiger partial charge is 0.381 e. The molecule has 1 saturated heterocycles. The lowest BCUT2D eigenvalue weighted by atomic mass is 10.1. The second kappa shape index (κ2) is 7.55. The van der Waals surface area contributed by atoms with Crippen LogP contribution in [0.1, 0.15) is 12.8 Å². The van der Waals surface area contributed by atoms with Crippen LogP contribution in [-0.2, 0) is 14.8 Å². The van der Waals surface area contributed by atoms with Crippen LogP contribution in [0.15, 0.2) is 4.99 Å². The lowest BCUT2D eigenvalue weighted by Gasteiger charge is -2.25. The van der Waals surface area contributed by atoms with Crippen molar-refractivity contribution in [3.63, 3.8) is 0 Å². The highest BCUT2D eigenvalue weighted by atomic mass is 32.2. The van der Waals surface area contributed by atoms with Gasteiger partial charge in [0.05, 0.1) is 6.26 Å². The van der Waals surface area contributed by atoms with E-state index >= 15 is 0 Å². The highest BCUT2D eigenvalue weighted by Gasteiger charge is 2.14. The van der Waals surface area contributed by atoms with Gasteiger partial charge in [0, 0.05) is 39.4 Å². The highest BCUT2D eigenvalue weighted by Crippen LogP contribution is 2.05. The van der Waals surface area contributed by atoms with Gasteiger partial charge in [-0.1, -0.05) is 0 Å². The Bertz CT molecular complexity index is 363. The summed E-state index contributed by atoms with van der Waals surface area (Å²) in [6.07, 6.45) is 3.06. The Morgan fingerprint density at radius 1 is 1.33 bits per heavy atom. The van der Waals surface area contributed by atoms with Crippen molar-refractivity contribution in [2.45, 2.75) is 18.9 Å². The zero-order chi connectivity index (χ0) is 13.4. The van der Waals surface area contributed by atoms with Gasteiger partial charge in [-0.15, -0.1) is 0 Å². The molecule has 0 radical (unpaired) electrons. The molecule has 3 N–H and O–H groups in total. The third-order valence-electron chi connectivity index (χ3n) is 2.57. The quantitative estimate of drug-likeness (QED) is 0.337. The van der Waals surface area contributed by atoms with Crippen molar-refractivity contribution in [1.29, 1.82) is 0 Å². The van der Waals surface area contributed by atoms with Crippen molar-refractivity contribution < 1.29 is 13.2 Å². The van der Waals surface area contributed by atoms with Gasteiger partial charge in [0.2, 0.25) is 10.0 Å². The minimum Gasteiger partial charge on any atom is -0.381 e. The molecule has 106 valence electrons. The monoisotopic (exact) mass is 278 g/mol. The molecular weight excluding hydrogens is 256 g/mol. The third kappa shape index (κ3) is 6.77. The highest BCUT2D eigenvalue weighted by molar-refractivity contribution is 7.88. The Labute approximate surface area is 108 Å². The van der Waals surface area contributed by atoms with E-state index in [2.05, 4.69) is 20.3 Å². The Morgan fingerprint density at radius 3 is 2.56 bits per heavy atom. The van der Waals surface area contributed by atoms with E-state index in [-0.39, 0.29) is 0 Å². The summed E-state index contributed by atoms with van der Waals surface area (Å²) in [6.45, 7) is 2.37. The molecule has 1 fully saturated rings. The number of hydrogen-bond acceptors (Lipinski definition) is 4. The number of guanidine groups is 1. The summed E-state index contributed by atoms with van der Waals surface area (Å²) < 4.78 is 29.4. The SMILES string of the molecule is CN=C(NCCNS(C)(=O)=O)NC1CCOCC1. The van der Waals surface area contributed by atoms with Crippen molar-refractivity contribution in [1.82, 2.24) is 15.4 Å². The van der Waals surface area contributed by atoms with Gasteiger partial charge in [-0.3, -0.25) is 4.99 Å². The molecule has 0 aliphatic carbocycles. The summed E-state index contributed by atoms with van der Waals surface area (Å²) in [5.41, 5.74) is 0. The van der Waals surface area contributed by atoms with Crippen LogP contribution >= 0.6 is 0 Å². The van der Waals surface area contributed by atoms with Crippen LogP contribution in [0.25, 0.3) is 0 Å². The van der Waals surface area contributed by atoms with Gasteiger partial charge in [-0.2, -0.15) is 0 Å². The number of aliphatic imine (C=N–C) groups is 1. The fourth-order valence-corrected chi connectivity index (χ4v) is 2.12. The topological polar surface area (TPSA) is 91.8 Å². The lowest BCUT2D eigenvalue weighted by molar-refractivity contribution is 0.0822. The molecule has 8 heteroatoms. The van der Waals surface area contributed by atoms with Gasteiger partial charge in [-0.25, -0.2) is 13.1 Å². The molecule has 0 atom stereocenters. The van der Waals surface area contributed by atoms with E-state index in [4.69, 9.17) is 4.74 Å². The molecule has 0 aromatic carbocycles. The number of sulfonamides is 1. The van der Waals surface area contributed by atoms with Crippen LogP contribution in [0.2, 0.25) is 0 Å². The van der Waals surface area contributed by atoms with Crippen molar-refractivity contribution in [2.75, 3.05) is 39.6 Å². The zero-order valence-electron chi connectivity index (χ0n) is 10.9. The van der Waals surface area contributed by atoms with E-state index in [1.54, 1.807) is 7.05 Å². The van der Waals surface area contributed by atoms with Gasteiger partial charge >= 0.3 is 0 Å². The summed E-state index contributed by atoms with van der Waals surface area (Å²) >= 11 is 0. The van der Waals surface area contributed by atoms with E-state index in [0.29, 0.717) is 25.1 Å². The first-order valence-electron chi connectivity index (χ1n) is 6.01. The third-order valence-corrected chi connectivity index (χ3v) is 3.30. The number of hydrogen-bond donors (Lipinski definition) is 3. The maximum atomic E-state index is 10.9. The summed E-state index contributed by atoms with van der Waals surface area (Å²) in [5, 5.41) is 6.35. The average Bonchev–Trinajstić information content (AvgIpc) is 2.33. The van der Waals surface area contributed by atoms with E-state index in [1.807, 2.05) is 0 Å². The van der Waals surface area contributed by atoms with Gasteiger partial charge in [0.25, 0.3) is 0 Å². The molecule has 0 saturated carbocycles. The van der Waals surface area contributed by atoms with Crippen LogP contribution in [0.5, 0.6) is 0 Å². The van der Waals surface area contributed by atoms with Gasteiger partial charge in [0.1, 0.15) is 0 Å². The normalized spacial score (nSPS) is 18.7. The summed E-state index contributed by atoms with van der Waals surface area (Å²) in [6, 6.07) is 0.368. The summed E-state index contributed by atoms with van der Waals surface area (Å²) in [5.74, 6) is 0.692. The van der Waals surface area contributed by atoms with Crippen LogP contribution < -0.4 is 15.4 Å². The molecule has 0 amide bonds. The minimum absolute atomic E-state index is 0.341. The fraction of sp³-hybridized carbons (Fsp3) is 0.900. The second-order valence-electron chi connectivity index (χ2n) is 4.20. The predicted molar refractivity (Wildman–Crippen MR) is 71.2 cm³/mol. The lowest BCUT2D eigenvalue weighted by Crippen LogP contribution is -2.47. The summed E-state index contributed by atoms with van der Waals surface area (Å²) in [4.78, 5) is 4.09. The Hall–Kier alpha value is -0.860. The average molecular weight is 278 g/mol. The predicted octanol–water partition coefficient (Wildman–Crippen LogP) is -1.12. The van der Waals surface area contributed by atoms with Gasteiger partial charge in [-0.05, 0) is 12.8 Å². The molecule has 1 rings (SSSR count). The first kappa shape index (κ1) is 15.2. The zero-order valence-corrected chi connectivity index (χ0v) is 11.7. The van der Waals surface area contributed by atoms with E-state index in [0.717, 1.165) is 32.3 Å². The Morgan fingerprint density at radius 2 is 2.00 bits per heavy atom. The molecule has 18 heavy (non-hydrogen) atoms.